The average Bonchev–Trinajstić information content (AvgIpc) is 2.98. The second kappa shape index (κ2) is 6.89. The van der Waals surface area contributed by atoms with Gasteiger partial charge in [-0.2, -0.15) is 4.31 Å². The SMILES string of the molecule is CCNCc1cccc(S(=O)(=O)N(C)Cc2ccco2)c1. The molecule has 114 valence electrons. The van der Waals surface area contributed by atoms with Gasteiger partial charge in [0, 0.05) is 13.6 Å². The van der Waals surface area contributed by atoms with Crippen molar-refractivity contribution in [3.05, 3.63) is 54.0 Å². The Bertz CT molecular complexity index is 666. The van der Waals surface area contributed by atoms with Crippen LogP contribution in [0, 0.1) is 0 Å². The molecule has 2 aromatic rings. The summed E-state index contributed by atoms with van der Waals surface area (Å²) in [6.45, 7) is 3.72. The van der Waals surface area contributed by atoms with Gasteiger partial charge in [0.15, 0.2) is 0 Å². The second-order valence-corrected chi connectivity index (χ2v) is 6.81. The molecule has 0 spiro atoms. The maximum Gasteiger partial charge on any atom is 0.243 e. The van der Waals surface area contributed by atoms with Gasteiger partial charge < -0.3 is 9.73 Å². The molecule has 5 nitrogen and oxygen atoms in total. The van der Waals surface area contributed by atoms with Gasteiger partial charge in [0.25, 0.3) is 0 Å². The van der Waals surface area contributed by atoms with Gasteiger partial charge >= 0.3 is 0 Å². The van der Waals surface area contributed by atoms with Crippen LogP contribution in [0.4, 0.5) is 0 Å². The zero-order valence-electron chi connectivity index (χ0n) is 12.2. The van der Waals surface area contributed by atoms with E-state index in [4.69, 9.17) is 4.42 Å². The normalized spacial score (nSPS) is 12.0. The van der Waals surface area contributed by atoms with Crippen molar-refractivity contribution in [1.29, 1.82) is 0 Å². The fourth-order valence-electron chi connectivity index (χ4n) is 1.97. The largest absolute Gasteiger partial charge is 0.468 e. The van der Waals surface area contributed by atoms with Crippen molar-refractivity contribution in [2.24, 2.45) is 0 Å². The third kappa shape index (κ3) is 3.93. The molecule has 21 heavy (non-hydrogen) atoms. The summed E-state index contributed by atoms with van der Waals surface area (Å²) in [4.78, 5) is 0.298. The van der Waals surface area contributed by atoms with Gasteiger partial charge in [-0.3, -0.25) is 0 Å². The van der Waals surface area contributed by atoms with Crippen molar-refractivity contribution in [2.45, 2.75) is 24.9 Å². The minimum atomic E-state index is -3.52. The van der Waals surface area contributed by atoms with Crippen LogP contribution >= 0.6 is 0 Å². The standard InChI is InChI=1S/C15H20N2O3S/c1-3-16-11-13-6-4-8-15(10-13)21(18,19)17(2)12-14-7-5-9-20-14/h4-10,16H,3,11-12H2,1-2H3. The highest BCUT2D eigenvalue weighted by Crippen LogP contribution is 2.18. The van der Waals surface area contributed by atoms with E-state index in [1.54, 1.807) is 37.4 Å². The van der Waals surface area contributed by atoms with Gasteiger partial charge in [-0.25, -0.2) is 8.42 Å². The van der Waals surface area contributed by atoms with Crippen LogP contribution in [0.2, 0.25) is 0 Å². The molecule has 1 heterocycles. The molecule has 0 bridgehead atoms. The first-order valence-corrected chi connectivity index (χ1v) is 8.26. The minimum absolute atomic E-state index is 0.215. The highest BCUT2D eigenvalue weighted by atomic mass is 32.2. The molecule has 0 atom stereocenters. The second-order valence-electron chi connectivity index (χ2n) is 4.77. The predicted octanol–water partition coefficient (Wildman–Crippen LogP) is 2.21. The number of nitrogens with one attached hydrogen (secondary N) is 1. The number of sulfonamides is 1. The van der Waals surface area contributed by atoms with E-state index >= 15 is 0 Å². The summed E-state index contributed by atoms with van der Waals surface area (Å²) in [5.41, 5.74) is 0.948. The van der Waals surface area contributed by atoms with E-state index in [-0.39, 0.29) is 6.54 Å². The van der Waals surface area contributed by atoms with Crippen molar-refractivity contribution in [3.63, 3.8) is 0 Å². The molecule has 0 amide bonds. The summed E-state index contributed by atoms with van der Waals surface area (Å²) in [6, 6.07) is 10.5. The summed E-state index contributed by atoms with van der Waals surface area (Å²) in [5.74, 6) is 0.616. The third-order valence-electron chi connectivity index (χ3n) is 3.14. The van der Waals surface area contributed by atoms with Gasteiger partial charge in [-0.15, -0.1) is 0 Å². The Morgan fingerprint density at radius 1 is 1.24 bits per heavy atom. The van der Waals surface area contributed by atoms with E-state index in [2.05, 4.69) is 5.32 Å². The maximum atomic E-state index is 12.5. The van der Waals surface area contributed by atoms with Crippen LogP contribution in [0.15, 0.2) is 52.0 Å². The Morgan fingerprint density at radius 2 is 2.05 bits per heavy atom. The van der Waals surface area contributed by atoms with Crippen LogP contribution in [0.5, 0.6) is 0 Å². The maximum absolute atomic E-state index is 12.5. The smallest absolute Gasteiger partial charge is 0.243 e. The molecule has 0 radical (unpaired) electrons. The first-order valence-electron chi connectivity index (χ1n) is 6.82. The zero-order chi connectivity index (χ0) is 15.3. The van der Waals surface area contributed by atoms with Crippen LogP contribution in [0.25, 0.3) is 0 Å². The van der Waals surface area contributed by atoms with Crippen LogP contribution < -0.4 is 5.32 Å². The molecule has 1 aromatic heterocycles. The summed E-state index contributed by atoms with van der Waals surface area (Å²) in [5, 5.41) is 3.19. The van der Waals surface area contributed by atoms with Gasteiger partial charge in [0.2, 0.25) is 10.0 Å². The molecule has 0 saturated heterocycles. The fraction of sp³-hybridized carbons (Fsp3) is 0.333. The predicted molar refractivity (Wildman–Crippen MR) is 81.2 cm³/mol. The minimum Gasteiger partial charge on any atom is -0.468 e. The molecule has 0 fully saturated rings. The van der Waals surface area contributed by atoms with Gasteiger partial charge in [-0.05, 0) is 36.4 Å². The molecule has 1 aromatic carbocycles. The summed E-state index contributed by atoms with van der Waals surface area (Å²) < 4.78 is 31.6. The molecule has 0 aliphatic rings. The molecule has 0 aliphatic carbocycles. The van der Waals surface area contributed by atoms with Crippen LogP contribution in [0.1, 0.15) is 18.2 Å². The van der Waals surface area contributed by atoms with E-state index in [9.17, 15) is 8.42 Å². The van der Waals surface area contributed by atoms with Crippen molar-refractivity contribution in [2.75, 3.05) is 13.6 Å². The lowest BCUT2D eigenvalue weighted by Gasteiger charge is -2.16. The molecular weight excluding hydrogens is 288 g/mol. The molecular formula is C15H20N2O3S. The van der Waals surface area contributed by atoms with E-state index in [0.717, 1.165) is 12.1 Å². The zero-order valence-corrected chi connectivity index (χ0v) is 13.1. The van der Waals surface area contributed by atoms with Gasteiger partial charge in [0.1, 0.15) is 5.76 Å². The number of hydrogen-bond acceptors (Lipinski definition) is 4. The molecule has 1 N–H and O–H groups in total. The number of hydrogen-bond donors (Lipinski definition) is 1. The summed E-state index contributed by atoms with van der Waals surface area (Å²) in [6.07, 6.45) is 1.53. The van der Waals surface area contributed by atoms with E-state index in [0.29, 0.717) is 17.2 Å². The molecule has 6 heteroatoms. The summed E-state index contributed by atoms with van der Waals surface area (Å²) >= 11 is 0. The Balaban J connectivity index is 2.18. The van der Waals surface area contributed by atoms with Crippen LogP contribution in [0.3, 0.4) is 0 Å². The highest BCUT2D eigenvalue weighted by Gasteiger charge is 2.21. The first kappa shape index (κ1) is 15.8. The van der Waals surface area contributed by atoms with E-state index in [1.807, 2.05) is 13.0 Å². The van der Waals surface area contributed by atoms with Crippen molar-refractivity contribution < 1.29 is 12.8 Å². The monoisotopic (exact) mass is 308 g/mol. The quantitative estimate of drug-likeness (QED) is 0.852. The van der Waals surface area contributed by atoms with Crippen molar-refractivity contribution >= 4 is 10.0 Å². The van der Waals surface area contributed by atoms with Crippen LogP contribution in [-0.2, 0) is 23.1 Å². The Kier molecular flexibility index (Phi) is 5.17. The number of furan rings is 1. The lowest BCUT2D eigenvalue weighted by molar-refractivity contribution is 0.406. The van der Waals surface area contributed by atoms with Crippen molar-refractivity contribution in [1.82, 2.24) is 9.62 Å². The van der Waals surface area contributed by atoms with Gasteiger partial charge in [0.05, 0.1) is 17.7 Å². The third-order valence-corrected chi connectivity index (χ3v) is 4.94. The van der Waals surface area contributed by atoms with Gasteiger partial charge in [-0.1, -0.05) is 19.1 Å². The lowest BCUT2D eigenvalue weighted by atomic mass is 10.2. The lowest BCUT2D eigenvalue weighted by Crippen LogP contribution is -2.26. The summed E-state index contributed by atoms with van der Waals surface area (Å²) in [7, 11) is -1.97. The molecule has 0 saturated carbocycles. The molecule has 0 unspecified atom stereocenters. The Labute approximate surface area is 125 Å². The number of nitrogens with zero attached hydrogens (tertiary/aromatic N) is 1. The molecule has 2 rings (SSSR count). The van der Waals surface area contributed by atoms with Crippen LogP contribution in [-0.4, -0.2) is 26.3 Å². The van der Waals surface area contributed by atoms with E-state index < -0.39 is 10.0 Å². The van der Waals surface area contributed by atoms with Crippen molar-refractivity contribution in [3.8, 4) is 0 Å². The average molecular weight is 308 g/mol. The van der Waals surface area contributed by atoms with E-state index in [1.165, 1.54) is 10.6 Å². The topological polar surface area (TPSA) is 62.6 Å². The fourth-order valence-corrected chi connectivity index (χ4v) is 3.18. The number of benzene rings is 1. The Morgan fingerprint density at radius 3 is 2.71 bits per heavy atom. The first-order chi connectivity index (χ1) is 10.0. The number of rotatable bonds is 7. The highest BCUT2D eigenvalue weighted by molar-refractivity contribution is 7.89. The molecule has 0 aliphatic heterocycles. The Hall–Kier alpha value is -1.63.